The Labute approximate surface area is 129 Å². The first kappa shape index (κ1) is 15.8. The van der Waals surface area contributed by atoms with Crippen LogP contribution in [0.1, 0.15) is 50.2 Å². The van der Waals surface area contributed by atoms with Crippen LogP contribution in [0.2, 0.25) is 0 Å². The molecule has 3 N–H and O–H groups in total. The smallest absolute Gasteiger partial charge is 0.119 e. The molecule has 0 heterocycles. The van der Waals surface area contributed by atoms with Crippen molar-refractivity contribution in [2.24, 2.45) is 11.1 Å². The number of methoxy groups -OCH3 is 1. The van der Waals surface area contributed by atoms with E-state index in [9.17, 15) is 5.11 Å². The highest BCUT2D eigenvalue weighted by Gasteiger charge is 2.38. The van der Waals surface area contributed by atoms with Gasteiger partial charge in [0.2, 0.25) is 0 Å². The van der Waals surface area contributed by atoms with Gasteiger partial charge in [-0.2, -0.15) is 0 Å². The number of nitrogens with two attached hydrogens (primary N) is 1. The SMILES string of the molecule is COc1ccc(Br)c(C(O)C2(CN)CCCCCC2)c1. The average Bonchev–Trinajstić information content (AvgIpc) is 2.73. The quantitative estimate of drug-likeness (QED) is 0.819. The molecule has 2 rings (SSSR count). The van der Waals surface area contributed by atoms with Crippen molar-refractivity contribution in [3.8, 4) is 5.75 Å². The van der Waals surface area contributed by atoms with Gasteiger partial charge < -0.3 is 15.6 Å². The fourth-order valence-corrected chi connectivity index (χ4v) is 3.67. The predicted molar refractivity (Wildman–Crippen MR) is 84.8 cm³/mol. The zero-order valence-corrected chi connectivity index (χ0v) is 13.7. The number of halogens is 1. The van der Waals surface area contributed by atoms with E-state index in [1.165, 1.54) is 12.8 Å². The first-order chi connectivity index (χ1) is 9.63. The van der Waals surface area contributed by atoms with Crippen LogP contribution < -0.4 is 10.5 Å². The molecule has 1 aromatic carbocycles. The number of ether oxygens (including phenoxy) is 1. The van der Waals surface area contributed by atoms with E-state index in [-0.39, 0.29) is 5.41 Å². The van der Waals surface area contributed by atoms with Crippen LogP contribution in [-0.4, -0.2) is 18.8 Å². The third-order valence-corrected chi connectivity index (χ3v) is 5.31. The molecule has 1 aromatic rings. The van der Waals surface area contributed by atoms with Gasteiger partial charge in [-0.3, -0.25) is 0 Å². The summed E-state index contributed by atoms with van der Waals surface area (Å²) in [5.74, 6) is 0.767. The van der Waals surface area contributed by atoms with Crippen molar-refractivity contribution in [2.75, 3.05) is 13.7 Å². The topological polar surface area (TPSA) is 55.5 Å². The molecule has 1 atom stereocenters. The van der Waals surface area contributed by atoms with Crippen molar-refractivity contribution in [1.82, 2.24) is 0 Å². The van der Waals surface area contributed by atoms with Gasteiger partial charge >= 0.3 is 0 Å². The average molecular weight is 342 g/mol. The second-order valence-corrected chi connectivity index (χ2v) is 6.63. The van der Waals surface area contributed by atoms with E-state index in [0.717, 1.165) is 41.5 Å². The van der Waals surface area contributed by atoms with E-state index in [1.54, 1.807) is 7.11 Å². The van der Waals surface area contributed by atoms with E-state index in [1.807, 2.05) is 18.2 Å². The lowest BCUT2D eigenvalue weighted by atomic mass is 9.73. The lowest BCUT2D eigenvalue weighted by molar-refractivity contribution is 0.0160. The maximum Gasteiger partial charge on any atom is 0.119 e. The van der Waals surface area contributed by atoms with Crippen LogP contribution in [0.5, 0.6) is 5.75 Å². The summed E-state index contributed by atoms with van der Waals surface area (Å²) in [4.78, 5) is 0. The first-order valence-electron chi connectivity index (χ1n) is 7.34. The summed E-state index contributed by atoms with van der Waals surface area (Å²) in [6.45, 7) is 0.526. The molecule has 3 nitrogen and oxygen atoms in total. The molecule has 20 heavy (non-hydrogen) atoms. The van der Waals surface area contributed by atoms with E-state index in [2.05, 4.69) is 15.9 Å². The summed E-state index contributed by atoms with van der Waals surface area (Å²) in [6, 6.07) is 5.73. The van der Waals surface area contributed by atoms with Crippen molar-refractivity contribution < 1.29 is 9.84 Å². The summed E-state index contributed by atoms with van der Waals surface area (Å²) in [6.07, 6.45) is 6.23. The van der Waals surface area contributed by atoms with Gasteiger partial charge in [-0.25, -0.2) is 0 Å². The molecule has 1 fully saturated rings. The minimum absolute atomic E-state index is 0.203. The van der Waals surface area contributed by atoms with Gasteiger partial charge in [0, 0.05) is 16.4 Å². The van der Waals surface area contributed by atoms with Crippen LogP contribution in [0.15, 0.2) is 22.7 Å². The van der Waals surface area contributed by atoms with Crippen molar-refractivity contribution in [3.63, 3.8) is 0 Å². The summed E-state index contributed by atoms with van der Waals surface area (Å²) >= 11 is 3.54. The maximum absolute atomic E-state index is 11.0. The third kappa shape index (κ3) is 3.18. The monoisotopic (exact) mass is 341 g/mol. The van der Waals surface area contributed by atoms with E-state index >= 15 is 0 Å². The molecule has 0 bridgehead atoms. The highest BCUT2D eigenvalue weighted by atomic mass is 79.9. The fourth-order valence-electron chi connectivity index (χ4n) is 3.21. The molecule has 0 radical (unpaired) electrons. The van der Waals surface area contributed by atoms with E-state index < -0.39 is 6.10 Å². The molecule has 112 valence electrons. The lowest BCUT2D eigenvalue weighted by Gasteiger charge is -2.37. The molecule has 0 spiro atoms. The number of aliphatic hydroxyl groups is 1. The van der Waals surface area contributed by atoms with Crippen molar-refractivity contribution >= 4 is 15.9 Å². The van der Waals surface area contributed by atoms with Gasteiger partial charge in [-0.1, -0.05) is 41.6 Å². The van der Waals surface area contributed by atoms with Crippen LogP contribution in [0, 0.1) is 5.41 Å². The van der Waals surface area contributed by atoms with Gasteiger partial charge in [-0.15, -0.1) is 0 Å². The number of aliphatic hydroxyl groups excluding tert-OH is 1. The summed E-state index contributed by atoms with van der Waals surface area (Å²) in [5, 5.41) is 11.0. The highest BCUT2D eigenvalue weighted by molar-refractivity contribution is 9.10. The van der Waals surface area contributed by atoms with Gasteiger partial charge in [0.1, 0.15) is 5.75 Å². The molecule has 1 aliphatic rings. The molecular weight excluding hydrogens is 318 g/mol. The molecule has 0 saturated heterocycles. The van der Waals surface area contributed by atoms with Crippen LogP contribution in [0.4, 0.5) is 0 Å². The Balaban J connectivity index is 2.34. The highest BCUT2D eigenvalue weighted by Crippen LogP contribution is 2.46. The second kappa shape index (κ2) is 6.92. The Bertz CT molecular complexity index is 442. The zero-order chi connectivity index (χ0) is 14.6. The minimum atomic E-state index is -0.546. The number of rotatable bonds is 4. The molecular formula is C16H24BrNO2. The molecule has 0 amide bonds. The summed E-state index contributed by atoms with van der Waals surface area (Å²) in [7, 11) is 1.64. The standard InChI is InChI=1S/C16H24BrNO2/c1-20-12-6-7-14(17)13(10-12)15(19)16(11-18)8-4-2-3-5-9-16/h6-7,10,15,19H,2-5,8-9,11,18H2,1H3. The Kier molecular flexibility index (Phi) is 5.47. The molecule has 1 unspecified atom stereocenters. The Morgan fingerprint density at radius 1 is 1.30 bits per heavy atom. The fraction of sp³-hybridized carbons (Fsp3) is 0.625. The molecule has 1 saturated carbocycles. The van der Waals surface area contributed by atoms with Crippen molar-refractivity contribution in [2.45, 2.75) is 44.6 Å². The molecule has 0 aliphatic heterocycles. The maximum atomic E-state index is 11.0. The van der Waals surface area contributed by atoms with Gasteiger partial charge in [0.25, 0.3) is 0 Å². The first-order valence-corrected chi connectivity index (χ1v) is 8.14. The summed E-state index contributed by atoms with van der Waals surface area (Å²) in [5.41, 5.74) is 6.74. The van der Waals surface area contributed by atoms with Crippen LogP contribution in [0.3, 0.4) is 0 Å². The summed E-state index contributed by atoms with van der Waals surface area (Å²) < 4.78 is 6.19. The number of benzene rings is 1. The second-order valence-electron chi connectivity index (χ2n) is 5.77. The van der Waals surface area contributed by atoms with Crippen molar-refractivity contribution in [1.29, 1.82) is 0 Å². The van der Waals surface area contributed by atoms with E-state index in [4.69, 9.17) is 10.5 Å². The molecule has 4 heteroatoms. The lowest BCUT2D eigenvalue weighted by Crippen LogP contribution is -2.36. The van der Waals surface area contributed by atoms with Crippen LogP contribution in [0.25, 0.3) is 0 Å². The molecule has 0 aromatic heterocycles. The van der Waals surface area contributed by atoms with Crippen LogP contribution >= 0.6 is 15.9 Å². The minimum Gasteiger partial charge on any atom is -0.497 e. The van der Waals surface area contributed by atoms with Gasteiger partial charge in [-0.05, 0) is 36.6 Å². The Hall–Kier alpha value is -0.580. The van der Waals surface area contributed by atoms with Gasteiger partial charge in [0.05, 0.1) is 13.2 Å². The Morgan fingerprint density at radius 3 is 2.50 bits per heavy atom. The normalized spacial score (nSPS) is 20.2. The number of hydrogen-bond acceptors (Lipinski definition) is 3. The van der Waals surface area contributed by atoms with Crippen molar-refractivity contribution in [3.05, 3.63) is 28.2 Å². The third-order valence-electron chi connectivity index (χ3n) is 4.58. The van der Waals surface area contributed by atoms with Gasteiger partial charge in [0.15, 0.2) is 0 Å². The predicted octanol–water partition coefficient (Wildman–Crippen LogP) is 3.79. The van der Waals surface area contributed by atoms with Crippen LogP contribution in [-0.2, 0) is 0 Å². The zero-order valence-electron chi connectivity index (χ0n) is 12.1. The number of hydrogen-bond donors (Lipinski definition) is 2. The largest absolute Gasteiger partial charge is 0.497 e. The Morgan fingerprint density at radius 2 is 1.95 bits per heavy atom. The van der Waals surface area contributed by atoms with E-state index in [0.29, 0.717) is 6.54 Å². The molecule has 1 aliphatic carbocycles.